The Balaban J connectivity index is 2.06. The highest BCUT2D eigenvalue weighted by Crippen LogP contribution is 2.56. The molecule has 3 nitrogen and oxygen atoms in total. The molecule has 0 amide bonds. The summed E-state index contributed by atoms with van der Waals surface area (Å²) in [4.78, 5) is 0. The number of hydrogen-bond donors (Lipinski definition) is 0. The molecule has 0 aromatic rings. The molecule has 0 aromatic heterocycles. The summed E-state index contributed by atoms with van der Waals surface area (Å²) in [6.45, 7) is 13.6. The van der Waals surface area contributed by atoms with E-state index in [1.165, 1.54) is 0 Å². The van der Waals surface area contributed by atoms with E-state index < -0.39 is 5.79 Å². The summed E-state index contributed by atoms with van der Waals surface area (Å²) in [6, 6.07) is 0. The molecule has 2 saturated heterocycles. The molecule has 18 heavy (non-hydrogen) atoms. The first-order chi connectivity index (χ1) is 8.29. The molecule has 2 bridgehead atoms. The maximum atomic E-state index is 6.20. The minimum atomic E-state index is -0.534. The van der Waals surface area contributed by atoms with Crippen LogP contribution >= 0.6 is 0 Å². The van der Waals surface area contributed by atoms with E-state index in [1.54, 1.807) is 0 Å². The average molecular weight is 250 g/mol. The van der Waals surface area contributed by atoms with E-state index in [0.717, 1.165) is 5.57 Å². The van der Waals surface area contributed by atoms with Gasteiger partial charge in [-0.05, 0) is 27.7 Å². The second-order valence-corrected chi connectivity index (χ2v) is 6.58. The van der Waals surface area contributed by atoms with Gasteiger partial charge in [-0.2, -0.15) is 0 Å². The van der Waals surface area contributed by atoms with Crippen LogP contribution in [-0.4, -0.2) is 30.7 Å². The smallest absolute Gasteiger partial charge is 0.163 e. The lowest BCUT2D eigenvalue weighted by Gasteiger charge is -2.52. The zero-order chi connectivity index (χ0) is 13.2. The first-order valence-corrected chi connectivity index (χ1v) is 6.60. The lowest BCUT2D eigenvalue weighted by Crippen LogP contribution is -2.61. The fraction of sp³-hybridized carbons (Fsp3) is 0.733. The van der Waals surface area contributed by atoms with Crippen molar-refractivity contribution < 1.29 is 14.2 Å². The van der Waals surface area contributed by atoms with Gasteiger partial charge in [-0.25, -0.2) is 0 Å². The molecule has 1 aliphatic carbocycles. The first kappa shape index (κ1) is 12.4. The standard InChI is InChI=1S/C15H22O3/c1-10(2)11-6-7-14(5)12-15(11,9-17-14)8-16-13(3,4)18-12/h6-7,11-12H,1,8-9H2,2-5H3/t11-,12-,14-,15+/m1/s1. The van der Waals surface area contributed by atoms with Crippen molar-refractivity contribution in [3.8, 4) is 0 Å². The van der Waals surface area contributed by atoms with E-state index in [-0.39, 0.29) is 23.0 Å². The second kappa shape index (κ2) is 3.47. The first-order valence-electron chi connectivity index (χ1n) is 6.60. The number of rotatable bonds is 1. The van der Waals surface area contributed by atoms with Gasteiger partial charge in [0, 0.05) is 5.92 Å². The van der Waals surface area contributed by atoms with E-state index in [2.05, 4.69) is 32.6 Å². The van der Waals surface area contributed by atoms with Crippen LogP contribution in [0.5, 0.6) is 0 Å². The van der Waals surface area contributed by atoms with Crippen LogP contribution in [0.25, 0.3) is 0 Å². The number of allylic oxidation sites excluding steroid dienone is 2. The SMILES string of the molecule is C=C(C)[C@H]1C=C[C@@]2(C)OC[C@@]13COC(C)(C)O[C@@H]32. The largest absolute Gasteiger partial charge is 0.368 e. The van der Waals surface area contributed by atoms with Gasteiger partial charge < -0.3 is 14.2 Å². The summed E-state index contributed by atoms with van der Waals surface area (Å²) >= 11 is 0. The molecule has 2 fully saturated rings. The van der Waals surface area contributed by atoms with Crippen molar-refractivity contribution in [2.45, 2.75) is 45.2 Å². The summed E-state index contributed by atoms with van der Waals surface area (Å²) in [5.41, 5.74) is 0.716. The Bertz CT molecular complexity index is 425. The van der Waals surface area contributed by atoms with Gasteiger partial charge >= 0.3 is 0 Å². The van der Waals surface area contributed by atoms with E-state index in [0.29, 0.717) is 13.2 Å². The van der Waals surface area contributed by atoms with E-state index in [1.807, 2.05) is 13.8 Å². The van der Waals surface area contributed by atoms with Gasteiger partial charge in [0.15, 0.2) is 5.79 Å². The summed E-state index contributed by atoms with van der Waals surface area (Å²) in [6.07, 6.45) is 4.40. The van der Waals surface area contributed by atoms with Crippen LogP contribution in [0.2, 0.25) is 0 Å². The normalized spacial score (nSPS) is 48.9. The maximum Gasteiger partial charge on any atom is 0.163 e. The van der Waals surface area contributed by atoms with E-state index in [4.69, 9.17) is 14.2 Å². The molecule has 0 unspecified atom stereocenters. The quantitative estimate of drug-likeness (QED) is 0.670. The Morgan fingerprint density at radius 1 is 1.22 bits per heavy atom. The Labute approximate surface area is 109 Å². The second-order valence-electron chi connectivity index (χ2n) is 6.58. The summed E-state index contributed by atoms with van der Waals surface area (Å²) < 4.78 is 18.1. The lowest BCUT2D eigenvalue weighted by atomic mass is 9.63. The zero-order valence-electron chi connectivity index (χ0n) is 11.7. The van der Waals surface area contributed by atoms with Gasteiger partial charge in [-0.1, -0.05) is 24.3 Å². The van der Waals surface area contributed by atoms with Crippen LogP contribution < -0.4 is 0 Å². The minimum Gasteiger partial charge on any atom is -0.368 e. The highest BCUT2D eigenvalue weighted by Gasteiger charge is 2.65. The minimum absolute atomic E-state index is 0.0421. The van der Waals surface area contributed by atoms with Crippen molar-refractivity contribution in [1.82, 2.24) is 0 Å². The molecule has 100 valence electrons. The summed E-state index contributed by atoms with van der Waals surface area (Å²) in [7, 11) is 0. The third kappa shape index (κ3) is 1.47. The topological polar surface area (TPSA) is 27.7 Å². The van der Waals surface area contributed by atoms with Crippen LogP contribution in [-0.2, 0) is 14.2 Å². The monoisotopic (exact) mass is 250 g/mol. The fourth-order valence-electron chi connectivity index (χ4n) is 3.60. The molecule has 3 heteroatoms. The number of ether oxygens (including phenoxy) is 3. The van der Waals surface area contributed by atoms with Gasteiger partial charge in [0.25, 0.3) is 0 Å². The van der Waals surface area contributed by atoms with Crippen molar-refractivity contribution in [2.24, 2.45) is 11.3 Å². The Morgan fingerprint density at radius 2 is 1.89 bits per heavy atom. The highest BCUT2D eigenvalue weighted by molar-refractivity contribution is 5.30. The predicted octanol–water partition coefficient (Wildman–Crippen LogP) is 2.68. The maximum absolute atomic E-state index is 6.20. The molecule has 0 saturated carbocycles. The van der Waals surface area contributed by atoms with Crippen molar-refractivity contribution >= 4 is 0 Å². The lowest BCUT2D eigenvalue weighted by molar-refractivity contribution is -0.322. The summed E-state index contributed by atoms with van der Waals surface area (Å²) in [5.74, 6) is -0.261. The van der Waals surface area contributed by atoms with Crippen LogP contribution in [0.3, 0.4) is 0 Å². The number of hydrogen-bond acceptors (Lipinski definition) is 3. The molecule has 2 heterocycles. The van der Waals surface area contributed by atoms with Crippen molar-refractivity contribution in [3.05, 3.63) is 24.3 Å². The molecule has 0 radical (unpaired) electrons. The van der Waals surface area contributed by atoms with Crippen LogP contribution in [0.1, 0.15) is 27.7 Å². The molecule has 3 rings (SSSR count). The van der Waals surface area contributed by atoms with Crippen LogP contribution in [0, 0.1) is 11.3 Å². The van der Waals surface area contributed by atoms with E-state index >= 15 is 0 Å². The highest BCUT2D eigenvalue weighted by atomic mass is 16.7. The average Bonchev–Trinajstić information content (AvgIpc) is 2.46. The molecule has 0 N–H and O–H groups in total. The van der Waals surface area contributed by atoms with Gasteiger partial charge in [0.2, 0.25) is 0 Å². The van der Waals surface area contributed by atoms with Crippen LogP contribution in [0.15, 0.2) is 24.3 Å². The van der Waals surface area contributed by atoms with Gasteiger partial charge in [0.05, 0.1) is 18.6 Å². The third-order valence-electron chi connectivity index (χ3n) is 4.55. The van der Waals surface area contributed by atoms with Crippen molar-refractivity contribution in [1.29, 1.82) is 0 Å². The van der Waals surface area contributed by atoms with Crippen molar-refractivity contribution in [3.63, 3.8) is 0 Å². The summed E-state index contributed by atoms with van der Waals surface area (Å²) in [5, 5.41) is 0. The molecular formula is C15H22O3. The molecule has 0 aromatic carbocycles. The van der Waals surface area contributed by atoms with Crippen molar-refractivity contribution in [2.75, 3.05) is 13.2 Å². The van der Waals surface area contributed by atoms with Gasteiger partial charge in [0.1, 0.15) is 11.7 Å². The van der Waals surface area contributed by atoms with Gasteiger partial charge in [-0.15, -0.1) is 0 Å². The molecule has 4 atom stereocenters. The molecule has 3 aliphatic rings. The fourth-order valence-corrected chi connectivity index (χ4v) is 3.60. The third-order valence-corrected chi connectivity index (χ3v) is 4.55. The Kier molecular flexibility index (Phi) is 2.39. The zero-order valence-corrected chi connectivity index (χ0v) is 11.7. The Morgan fingerprint density at radius 3 is 2.56 bits per heavy atom. The van der Waals surface area contributed by atoms with E-state index in [9.17, 15) is 0 Å². The predicted molar refractivity (Wildman–Crippen MR) is 69.1 cm³/mol. The molecular weight excluding hydrogens is 228 g/mol. The van der Waals surface area contributed by atoms with Crippen LogP contribution in [0.4, 0.5) is 0 Å². The molecule has 0 spiro atoms. The van der Waals surface area contributed by atoms with Gasteiger partial charge in [-0.3, -0.25) is 0 Å². The Hall–Kier alpha value is -0.640. The molecule has 2 aliphatic heterocycles.